The molecule has 0 N–H and O–H groups in total. The number of carbonyl (C=O) groups excluding carboxylic acids is 1. The molecule has 1 saturated carbocycles. The van der Waals surface area contributed by atoms with Crippen LogP contribution in [0, 0.1) is 11.8 Å². The Morgan fingerprint density at radius 2 is 2.00 bits per heavy atom. The third-order valence-corrected chi connectivity index (χ3v) is 4.31. The first-order valence-corrected chi connectivity index (χ1v) is 6.96. The maximum Gasteiger partial charge on any atom is 0.319 e. The van der Waals surface area contributed by atoms with E-state index in [1.165, 1.54) is 19.3 Å². The minimum absolute atomic E-state index is 0.135. The fourth-order valence-electron chi connectivity index (χ4n) is 2.29. The standard InChI is InChI=1S/C13H24O2S/c1-4-10-7-5-6-8-11(10)15-13(14)12(16)9(2)3/h9-12,16H,4-8H2,1-3H3. The van der Waals surface area contributed by atoms with Gasteiger partial charge in [0.15, 0.2) is 0 Å². The Kier molecular flexibility index (Phi) is 5.67. The lowest BCUT2D eigenvalue weighted by Crippen LogP contribution is -2.34. The van der Waals surface area contributed by atoms with Gasteiger partial charge in [-0.2, -0.15) is 12.6 Å². The minimum atomic E-state index is -0.278. The summed E-state index contributed by atoms with van der Waals surface area (Å²) in [4.78, 5) is 11.8. The zero-order valence-electron chi connectivity index (χ0n) is 10.6. The summed E-state index contributed by atoms with van der Waals surface area (Å²) in [6, 6.07) is 0. The quantitative estimate of drug-likeness (QED) is 0.605. The minimum Gasteiger partial charge on any atom is -0.461 e. The topological polar surface area (TPSA) is 26.3 Å². The van der Waals surface area contributed by atoms with Crippen molar-refractivity contribution in [2.24, 2.45) is 11.8 Å². The summed E-state index contributed by atoms with van der Waals surface area (Å²) >= 11 is 4.30. The van der Waals surface area contributed by atoms with Gasteiger partial charge in [-0.15, -0.1) is 0 Å². The van der Waals surface area contributed by atoms with Crippen molar-refractivity contribution in [2.75, 3.05) is 0 Å². The van der Waals surface area contributed by atoms with E-state index in [2.05, 4.69) is 19.6 Å². The van der Waals surface area contributed by atoms with Crippen LogP contribution in [0.25, 0.3) is 0 Å². The van der Waals surface area contributed by atoms with Gasteiger partial charge in [-0.05, 0) is 37.5 Å². The zero-order chi connectivity index (χ0) is 12.1. The van der Waals surface area contributed by atoms with Crippen LogP contribution in [0.15, 0.2) is 0 Å². The van der Waals surface area contributed by atoms with Crippen molar-refractivity contribution in [3.05, 3.63) is 0 Å². The number of rotatable bonds is 4. The second-order valence-corrected chi connectivity index (χ2v) is 5.67. The number of carbonyl (C=O) groups is 1. The summed E-state index contributed by atoms with van der Waals surface area (Å²) in [7, 11) is 0. The van der Waals surface area contributed by atoms with Crippen molar-refractivity contribution in [1.29, 1.82) is 0 Å². The first-order chi connectivity index (χ1) is 7.56. The van der Waals surface area contributed by atoms with Gasteiger partial charge in [-0.3, -0.25) is 4.79 Å². The molecule has 1 fully saturated rings. The first-order valence-electron chi connectivity index (χ1n) is 6.44. The summed E-state index contributed by atoms with van der Waals surface area (Å²) < 4.78 is 5.60. The molecule has 1 aliphatic carbocycles. The molecule has 0 amide bonds. The van der Waals surface area contributed by atoms with E-state index in [1.807, 2.05) is 13.8 Å². The van der Waals surface area contributed by atoms with E-state index in [4.69, 9.17) is 4.74 Å². The molecular weight excluding hydrogens is 220 g/mol. The molecule has 3 atom stereocenters. The van der Waals surface area contributed by atoms with Crippen LogP contribution in [0.1, 0.15) is 52.9 Å². The SMILES string of the molecule is CCC1CCCCC1OC(=O)C(S)C(C)C. The van der Waals surface area contributed by atoms with Crippen molar-refractivity contribution in [3.8, 4) is 0 Å². The number of thiol groups is 1. The summed E-state index contributed by atoms with van der Waals surface area (Å²) in [5.41, 5.74) is 0. The van der Waals surface area contributed by atoms with E-state index >= 15 is 0 Å². The molecule has 0 aromatic carbocycles. The van der Waals surface area contributed by atoms with E-state index in [-0.39, 0.29) is 23.2 Å². The molecule has 2 nitrogen and oxygen atoms in total. The Hall–Kier alpha value is -0.180. The third-order valence-electron chi connectivity index (χ3n) is 3.50. The van der Waals surface area contributed by atoms with E-state index in [0.717, 1.165) is 12.8 Å². The van der Waals surface area contributed by atoms with Crippen LogP contribution >= 0.6 is 12.6 Å². The van der Waals surface area contributed by atoms with E-state index in [1.54, 1.807) is 0 Å². The monoisotopic (exact) mass is 244 g/mol. The predicted molar refractivity (Wildman–Crippen MR) is 69.7 cm³/mol. The number of ether oxygens (including phenoxy) is 1. The molecule has 3 unspecified atom stereocenters. The van der Waals surface area contributed by atoms with Gasteiger partial charge in [0.1, 0.15) is 11.4 Å². The van der Waals surface area contributed by atoms with Gasteiger partial charge < -0.3 is 4.74 Å². The van der Waals surface area contributed by atoms with Gasteiger partial charge >= 0.3 is 5.97 Å². The Morgan fingerprint density at radius 1 is 1.38 bits per heavy atom. The van der Waals surface area contributed by atoms with E-state index < -0.39 is 0 Å². The van der Waals surface area contributed by atoms with Crippen molar-refractivity contribution in [3.63, 3.8) is 0 Å². The molecular formula is C13H24O2S. The molecule has 0 aromatic heterocycles. The lowest BCUT2D eigenvalue weighted by molar-refractivity contribution is -0.153. The van der Waals surface area contributed by atoms with Crippen LogP contribution in [0.5, 0.6) is 0 Å². The fourth-order valence-corrected chi connectivity index (χ4v) is 2.35. The smallest absolute Gasteiger partial charge is 0.319 e. The van der Waals surface area contributed by atoms with Gasteiger partial charge in [-0.25, -0.2) is 0 Å². The van der Waals surface area contributed by atoms with Gasteiger partial charge in [0.25, 0.3) is 0 Å². The molecule has 94 valence electrons. The average molecular weight is 244 g/mol. The highest BCUT2D eigenvalue weighted by Gasteiger charge is 2.29. The predicted octanol–water partition coefficient (Wildman–Crippen LogP) is 3.45. The van der Waals surface area contributed by atoms with Crippen LogP contribution in [0.2, 0.25) is 0 Å². The van der Waals surface area contributed by atoms with Crippen LogP contribution in [-0.4, -0.2) is 17.3 Å². The second-order valence-electron chi connectivity index (χ2n) is 5.12. The number of hydrogen-bond donors (Lipinski definition) is 1. The van der Waals surface area contributed by atoms with Crippen LogP contribution < -0.4 is 0 Å². The van der Waals surface area contributed by atoms with E-state index in [0.29, 0.717) is 5.92 Å². The van der Waals surface area contributed by atoms with Crippen molar-refractivity contribution >= 4 is 18.6 Å². The van der Waals surface area contributed by atoms with Crippen LogP contribution in [0.4, 0.5) is 0 Å². The highest BCUT2D eigenvalue weighted by Crippen LogP contribution is 2.30. The lowest BCUT2D eigenvalue weighted by Gasteiger charge is -2.31. The zero-order valence-corrected chi connectivity index (χ0v) is 11.5. The molecule has 3 heteroatoms. The molecule has 0 bridgehead atoms. The van der Waals surface area contributed by atoms with Gasteiger partial charge in [0, 0.05) is 0 Å². The summed E-state index contributed by atoms with van der Waals surface area (Å²) in [5, 5.41) is -0.278. The largest absolute Gasteiger partial charge is 0.461 e. The Labute approximate surface area is 105 Å². The van der Waals surface area contributed by atoms with Crippen LogP contribution in [0.3, 0.4) is 0 Å². The highest BCUT2D eigenvalue weighted by molar-refractivity contribution is 7.81. The normalized spacial score (nSPS) is 27.8. The number of esters is 1. The molecule has 0 radical (unpaired) electrons. The molecule has 1 aliphatic rings. The molecule has 0 spiro atoms. The van der Waals surface area contributed by atoms with Gasteiger partial charge in [-0.1, -0.05) is 27.2 Å². The highest BCUT2D eigenvalue weighted by atomic mass is 32.1. The molecule has 0 aromatic rings. The maximum absolute atomic E-state index is 11.8. The Balaban J connectivity index is 2.48. The van der Waals surface area contributed by atoms with Crippen molar-refractivity contribution in [1.82, 2.24) is 0 Å². The molecule has 1 rings (SSSR count). The Morgan fingerprint density at radius 3 is 2.56 bits per heavy atom. The summed E-state index contributed by atoms with van der Waals surface area (Å²) in [5.74, 6) is 0.661. The fraction of sp³-hybridized carbons (Fsp3) is 0.923. The van der Waals surface area contributed by atoms with Crippen molar-refractivity contribution in [2.45, 2.75) is 64.2 Å². The summed E-state index contributed by atoms with van der Waals surface area (Å²) in [6.45, 7) is 6.17. The number of hydrogen-bond acceptors (Lipinski definition) is 3. The third kappa shape index (κ3) is 3.69. The lowest BCUT2D eigenvalue weighted by atomic mass is 9.85. The van der Waals surface area contributed by atoms with Crippen LogP contribution in [-0.2, 0) is 9.53 Å². The van der Waals surface area contributed by atoms with Gasteiger partial charge in [0.05, 0.1) is 0 Å². The second kappa shape index (κ2) is 6.53. The average Bonchev–Trinajstić information content (AvgIpc) is 2.28. The molecule has 0 saturated heterocycles. The Bertz CT molecular complexity index is 228. The molecule has 16 heavy (non-hydrogen) atoms. The van der Waals surface area contributed by atoms with Crippen molar-refractivity contribution < 1.29 is 9.53 Å². The summed E-state index contributed by atoms with van der Waals surface area (Å²) in [6.07, 6.45) is 5.95. The maximum atomic E-state index is 11.8. The molecule has 0 aliphatic heterocycles. The first kappa shape index (κ1) is 13.9. The van der Waals surface area contributed by atoms with Gasteiger partial charge in [0.2, 0.25) is 0 Å². The van der Waals surface area contributed by atoms with E-state index in [9.17, 15) is 4.79 Å². The molecule has 0 heterocycles.